The molecule has 1 heterocycles. The van der Waals surface area contributed by atoms with Gasteiger partial charge in [-0.15, -0.1) is 0 Å². The Kier molecular flexibility index (Phi) is 2.83. The summed E-state index contributed by atoms with van der Waals surface area (Å²) in [5, 5.41) is 8.13. The molecule has 0 aliphatic carbocycles. The number of fused-ring (bicyclic) bond motifs is 7. The minimum Gasteiger partial charge on any atom is -0.298 e. The Balaban J connectivity index is 2.16. The highest BCUT2D eigenvalue weighted by Gasteiger charge is 2.07. The van der Waals surface area contributed by atoms with Crippen molar-refractivity contribution in [3.63, 3.8) is 0 Å². The van der Waals surface area contributed by atoms with E-state index in [1.807, 2.05) is 12.1 Å². The summed E-state index contributed by atoms with van der Waals surface area (Å²) in [7, 11) is 0. The molecule has 4 aromatic carbocycles. The predicted octanol–water partition coefficient (Wildman–Crippen LogP) is 6.61. The first kappa shape index (κ1) is 13.2. The van der Waals surface area contributed by atoms with Crippen molar-refractivity contribution < 1.29 is 9.15 Å². The van der Waals surface area contributed by atoms with Crippen molar-refractivity contribution in [3.8, 4) is 0 Å². The van der Waals surface area contributed by atoms with Crippen LogP contribution in [0.4, 0.5) is 0 Å². The fourth-order valence-electron chi connectivity index (χ4n) is 3.47. The zero-order chi connectivity index (χ0) is 15.9. The van der Waals surface area contributed by atoms with E-state index in [0.29, 0.717) is 0 Å². The van der Waals surface area contributed by atoms with E-state index in [2.05, 4.69) is 66.7 Å². The normalized spacial score (nSPS) is 11.3. The molecule has 24 heavy (non-hydrogen) atoms. The summed E-state index contributed by atoms with van der Waals surface area (Å²) in [6.07, 6.45) is 1.60. The maximum absolute atomic E-state index is 5.52. The van der Waals surface area contributed by atoms with Crippen molar-refractivity contribution in [3.05, 3.63) is 85.1 Å². The molecule has 0 radical (unpaired) electrons. The molecule has 5 rings (SSSR count). The lowest BCUT2D eigenvalue weighted by molar-refractivity contribution is 0.0691. The Morgan fingerprint density at radius 2 is 1.21 bits per heavy atom. The van der Waals surface area contributed by atoms with E-state index in [4.69, 9.17) is 9.15 Å². The van der Waals surface area contributed by atoms with Crippen LogP contribution >= 0.6 is 0 Å². The van der Waals surface area contributed by atoms with Gasteiger partial charge >= 0.3 is 0 Å². The first-order chi connectivity index (χ1) is 11.9. The molecule has 0 saturated heterocycles. The van der Waals surface area contributed by atoms with Gasteiger partial charge in [0.1, 0.15) is 6.26 Å². The molecule has 0 bridgehead atoms. The van der Waals surface area contributed by atoms with Crippen LogP contribution in [0.1, 0.15) is 0 Å². The minimum absolute atomic E-state index is 0.731. The standard InChI is InChI=1S/C22H14O2/c1-3-7-17-15(5-1)9-11-20-19(17)13-14-23-24-21-12-10-16-6-2-4-8-18(16)22(20)21/h1-14H. The molecule has 0 spiro atoms. The molecule has 0 aliphatic rings. The molecule has 1 aromatic heterocycles. The lowest BCUT2D eigenvalue weighted by atomic mass is 9.98. The number of rotatable bonds is 0. The van der Waals surface area contributed by atoms with Gasteiger partial charge in [0.25, 0.3) is 0 Å². The molecular formula is C22H14O2. The Morgan fingerprint density at radius 3 is 2.08 bits per heavy atom. The number of benzene rings is 4. The van der Waals surface area contributed by atoms with E-state index >= 15 is 0 Å². The van der Waals surface area contributed by atoms with Crippen LogP contribution in [0, 0.1) is 0 Å². The summed E-state index contributed by atoms with van der Waals surface area (Å²) in [4.78, 5) is 0. The fraction of sp³-hybridized carbons (Fsp3) is 0. The van der Waals surface area contributed by atoms with Crippen molar-refractivity contribution in [2.45, 2.75) is 0 Å². The average Bonchev–Trinajstić information content (AvgIpc) is 2.62. The maximum atomic E-state index is 5.52. The second kappa shape index (κ2) is 5.14. The second-order valence-corrected chi connectivity index (χ2v) is 5.89. The Hall–Kier alpha value is -3.26. The molecule has 2 nitrogen and oxygen atoms in total. The van der Waals surface area contributed by atoms with E-state index in [-0.39, 0.29) is 0 Å². The zero-order valence-electron chi connectivity index (χ0n) is 12.9. The van der Waals surface area contributed by atoms with Gasteiger partial charge in [-0.05, 0) is 44.5 Å². The summed E-state index contributed by atoms with van der Waals surface area (Å²) in [5.74, 6) is 0. The van der Waals surface area contributed by atoms with Crippen LogP contribution < -0.4 is 0 Å². The van der Waals surface area contributed by atoms with Crippen molar-refractivity contribution >= 4 is 43.3 Å². The van der Waals surface area contributed by atoms with Crippen LogP contribution in [0.2, 0.25) is 0 Å². The van der Waals surface area contributed by atoms with Gasteiger partial charge in [-0.2, -0.15) is 0 Å². The third-order valence-electron chi connectivity index (χ3n) is 4.56. The van der Waals surface area contributed by atoms with E-state index in [1.165, 1.54) is 16.2 Å². The SMILES string of the molecule is c1ccc2c(c1)ccc1c2ccooc2ccc3ccccc3c21. The molecule has 0 aliphatic heterocycles. The quantitative estimate of drug-likeness (QED) is 0.301. The summed E-state index contributed by atoms with van der Waals surface area (Å²) in [6, 6.07) is 27.1. The van der Waals surface area contributed by atoms with Crippen LogP contribution in [0.15, 0.2) is 94.3 Å². The predicted molar refractivity (Wildman–Crippen MR) is 98.6 cm³/mol. The van der Waals surface area contributed by atoms with Crippen molar-refractivity contribution in [2.24, 2.45) is 0 Å². The van der Waals surface area contributed by atoms with Crippen molar-refractivity contribution in [1.82, 2.24) is 0 Å². The summed E-state index contributed by atoms with van der Waals surface area (Å²) in [5.41, 5.74) is 0.731. The van der Waals surface area contributed by atoms with E-state index in [9.17, 15) is 0 Å². The second-order valence-electron chi connectivity index (χ2n) is 5.89. The molecule has 114 valence electrons. The lowest BCUT2D eigenvalue weighted by Gasteiger charge is -2.07. The van der Waals surface area contributed by atoms with Gasteiger partial charge < -0.3 is 0 Å². The highest BCUT2D eigenvalue weighted by atomic mass is 17.0. The highest BCUT2D eigenvalue weighted by Crippen LogP contribution is 2.33. The molecule has 0 fully saturated rings. The van der Waals surface area contributed by atoms with Gasteiger partial charge in [0, 0.05) is 5.39 Å². The summed E-state index contributed by atoms with van der Waals surface area (Å²) in [6.45, 7) is 0. The average molecular weight is 310 g/mol. The van der Waals surface area contributed by atoms with Crippen LogP contribution in [0.5, 0.6) is 0 Å². The van der Waals surface area contributed by atoms with Gasteiger partial charge in [-0.25, -0.2) is 0 Å². The van der Waals surface area contributed by atoms with Gasteiger partial charge in [0.05, 0.1) is 0 Å². The largest absolute Gasteiger partial charge is 0.298 e. The number of hydrogen-bond acceptors (Lipinski definition) is 2. The van der Waals surface area contributed by atoms with E-state index in [0.717, 1.165) is 27.1 Å². The summed E-state index contributed by atoms with van der Waals surface area (Å²) >= 11 is 0. The van der Waals surface area contributed by atoms with Crippen LogP contribution in [-0.4, -0.2) is 0 Å². The van der Waals surface area contributed by atoms with E-state index < -0.39 is 0 Å². The molecule has 0 saturated carbocycles. The van der Waals surface area contributed by atoms with Gasteiger partial charge in [-0.3, -0.25) is 9.15 Å². The monoisotopic (exact) mass is 310 g/mol. The zero-order valence-corrected chi connectivity index (χ0v) is 12.9. The first-order valence-electron chi connectivity index (χ1n) is 7.95. The number of hydrogen-bond donors (Lipinski definition) is 0. The molecule has 0 N–H and O–H groups in total. The van der Waals surface area contributed by atoms with Gasteiger partial charge in [-0.1, -0.05) is 66.7 Å². The molecule has 0 unspecified atom stereocenters. The lowest BCUT2D eigenvalue weighted by Crippen LogP contribution is -1.81. The Bertz CT molecular complexity index is 1260. The van der Waals surface area contributed by atoms with Gasteiger partial charge in [0.2, 0.25) is 0 Å². The van der Waals surface area contributed by atoms with Crippen molar-refractivity contribution in [1.29, 1.82) is 0 Å². The Morgan fingerprint density at radius 1 is 0.500 bits per heavy atom. The highest BCUT2D eigenvalue weighted by molar-refractivity contribution is 6.22. The third kappa shape index (κ3) is 1.90. The molecule has 5 aromatic rings. The maximum Gasteiger partial charge on any atom is 0.187 e. The summed E-state index contributed by atoms with van der Waals surface area (Å²) < 4.78 is 10.8. The molecule has 0 amide bonds. The third-order valence-corrected chi connectivity index (χ3v) is 4.56. The topological polar surface area (TPSA) is 26.3 Å². The van der Waals surface area contributed by atoms with Gasteiger partial charge in [0.15, 0.2) is 5.58 Å². The minimum atomic E-state index is 0.731. The molecule has 0 atom stereocenters. The fourth-order valence-corrected chi connectivity index (χ4v) is 3.47. The molecule has 2 heteroatoms. The molecular weight excluding hydrogens is 296 g/mol. The smallest absolute Gasteiger partial charge is 0.187 e. The van der Waals surface area contributed by atoms with Crippen LogP contribution in [0.3, 0.4) is 0 Å². The van der Waals surface area contributed by atoms with Crippen LogP contribution in [0.25, 0.3) is 43.3 Å². The Labute approximate surface area is 138 Å². The first-order valence-corrected chi connectivity index (χ1v) is 7.95. The van der Waals surface area contributed by atoms with Crippen molar-refractivity contribution in [2.75, 3.05) is 0 Å². The van der Waals surface area contributed by atoms with E-state index in [1.54, 1.807) is 6.26 Å². The van der Waals surface area contributed by atoms with Crippen LogP contribution in [-0.2, 0) is 0 Å².